The summed E-state index contributed by atoms with van der Waals surface area (Å²) in [6, 6.07) is 12.9. The number of hydrogen-bond donors (Lipinski definition) is 13. The van der Waals surface area contributed by atoms with Crippen LogP contribution < -0.4 is 49.5 Å². The molecule has 2 heterocycles. The van der Waals surface area contributed by atoms with Gasteiger partial charge in [-0.05, 0) is 66.8 Å². The molecule has 7 amide bonds. The Balaban J connectivity index is 1.46. The molecule has 20 heteroatoms. The molecule has 340 valence electrons. The molecule has 0 spiro atoms. The highest BCUT2D eigenvalue weighted by Gasteiger charge is 2.34. The quantitative estimate of drug-likeness (QED) is 0.0280. The molecular formula is C44H55N11O8S. The van der Waals surface area contributed by atoms with E-state index >= 15 is 0 Å². The lowest BCUT2D eigenvalue weighted by Crippen LogP contribution is -2.60. The zero-order valence-corrected chi connectivity index (χ0v) is 35.9. The van der Waals surface area contributed by atoms with Crippen molar-refractivity contribution in [3.63, 3.8) is 0 Å². The number of amides is 7. The van der Waals surface area contributed by atoms with Crippen LogP contribution in [0.15, 0.2) is 85.2 Å². The van der Waals surface area contributed by atoms with Crippen molar-refractivity contribution >= 4 is 75.8 Å². The first kappa shape index (κ1) is 48.1. The topological polar surface area (TPSA) is 336 Å². The fourth-order valence-electron chi connectivity index (χ4n) is 7.18. The molecule has 5 aromatic rings. The number of H-pyrrole nitrogens is 2. The zero-order chi connectivity index (χ0) is 46.3. The lowest BCUT2D eigenvalue weighted by atomic mass is 10.00. The zero-order valence-electron chi connectivity index (χ0n) is 35.0. The Kier molecular flexibility index (Phi) is 17.3. The Morgan fingerprint density at radius 2 is 1.05 bits per heavy atom. The molecule has 0 saturated heterocycles. The van der Waals surface area contributed by atoms with Gasteiger partial charge in [0.25, 0.3) is 0 Å². The second-order valence-corrected chi connectivity index (χ2v) is 15.8. The molecule has 0 fully saturated rings. The van der Waals surface area contributed by atoms with Crippen molar-refractivity contribution in [2.24, 2.45) is 22.9 Å². The maximum absolute atomic E-state index is 14.6. The maximum Gasteiger partial charge on any atom is 0.243 e. The number of benzene rings is 3. The van der Waals surface area contributed by atoms with Crippen LogP contribution in [0.25, 0.3) is 21.8 Å². The number of carbonyl (C=O) groups excluding carboxylic acids is 7. The Hall–Kier alpha value is -6.90. The van der Waals surface area contributed by atoms with Crippen LogP contribution in [0.4, 0.5) is 0 Å². The molecule has 0 bridgehead atoms. The molecule has 0 aliphatic heterocycles. The van der Waals surface area contributed by atoms with Gasteiger partial charge in [-0.3, -0.25) is 33.6 Å². The molecule has 19 nitrogen and oxygen atoms in total. The Morgan fingerprint density at radius 1 is 0.594 bits per heavy atom. The number of para-hydroxylation sites is 2. The van der Waals surface area contributed by atoms with E-state index in [0.29, 0.717) is 29.5 Å². The number of nitrogens with one attached hydrogen (secondary N) is 7. The van der Waals surface area contributed by atoms with Gasteiger partial charge >= 0.3 is 0 Å². The third-order valence-corrected chi connectivity index (χ3v) is 11.0. The molecule has 0 saturated carbocycles. The van der Waals surface area contributed by atoms with E-state index in [1.165, 1.54) is 12.1 Å². The van der Waals surface area contributed by atoms with E-state index in [2.05, 4.69) is 49.2 Å². The Labute approximate surface area is 374 Å². The minimum Gasteiger partial charge on any atom is -0.508 e. The summed E-state index contributed by atoms with van der Waals surface area (Å²) in [5.41, 5.74) is 25.9. The van der Waals surface area contributed by atoms with Crippen LogP contribution in [0.5, 0.6) is 5.75 Å². The number of aromatic hydroxyl groups is 1. The fourth-order valence-corrected chi connectivity index (χ4v) is 7.45. The average Bonchev–Trinajstić information content (AvgIpc) is 3.88. The molecule has 0 aliphatic rings. The van der Waals surface area contributed by atoms with E-state index in [9.17, 15) is 38.7 Å². The lowest BCUT2D eigenvalue weighted by Gasteiger charge is -2.27. The number of primary amides is 2. The number of carbonyl (C=O) groups is 7. The number of phenolic OH excluding ortho intramolecular Hbond substituents is 1. The molecule has 16 N–H and O–H groups in total. The highest BCUT2D eigenvalue weighted by atomic mass is 32.1. The average molecular weight is 898 g/mol. The second kappa shape index (κ2) is 23.0. The number of thiol groups is 1. The molecule has 0 radical (unpaired) electrons. The minimum atomic E-state index is -1.37. The number of fused-ring (bicyclic) bond motifs is 2. The van der Waals surface area contributed by atoms with Crippen molar-refractivity contribution < 1.29 is 38.7 Å². The highest BCUT2D eigenvalue weighted by molar-refractivity contribution is 7.80. The predicted molar refractivity (Wildman–Crippen MR) is 243 cm³/mol. The second-order valence-electron chi connectivity index (χ2n) is 15.5. The first-order valence-corrected chi connectivity index (χ1v) is 21.3. The highest BCUT2D eigenvalue weighted by Crippen LogP contribution is 2.22. The molecule has 0 unspecified atom stereocenters. The molecule has 6 atom stereocenters. The molecule has 64 heavy (non-hydrogen) atoms. The largest absolute Gasteiger partial charge is 0.508 e. The van der Waals surface area contributed by atoms with Gasteiger partial charge in [-0.1, -0.05) is 48.5 Å². The number of hydrogen-bond acceptors (Lipinski definition) is 11. The van der Waals surface area contributed by atoms with Gasteiger partial charge in [-0.2, -0.15) is 12.6 Å². The smallest absolute Gasteiger partial charge is 0.243 e. The summed E-state index contributed by atoms with van der Waals surface area (Å²) in [4.78, 5) is 100. The van der Waals surface area contributed by atoms with Crippen LogP contribution in [0, 0.1) is 0 Å². The summed E-state index contributed by atoms with van der Waals surface area (Å²) < 4.78 is 0. The van der Waals surface area contributed by atoms with Gasteiger partial charge < -0.3 is 64.6 Å². The first-order chi connectivity index (χ1) is 30.7. The number of rotatable bonds is 24. The van der Waals surface area contributed by atoms with Gasteiger partial charge in [0.2, 0.25) is 41.4 Å². The molecule has 5 rings (SSSR count). The van der Waals surface area contributed by atoms with E-state index in [0.717, 1.165) is 21.8 Å². The summed E-state index contributed by atoms with van der Waals surface area (Å²) in [6.07, 6.45) is 3.67. The number of nitrogens with two attached hydrogens (primary N) is 4. The van der Waals surface area contributed by atoms with Crippen LogP contribution in [0.3, 0.4) is 0 Å². The Morgan fingerprint density at radius 3 is 1.53 bits per heavy atom. The third kappa shape index (κ3) is 13.3. The van der Waals surface area contributed by atoms with Crippen molar-refractivity contribution in [3.05, 3.63) is 102 Å². The van der Waals surface area contributed by atoms with E-state index in [1.807, 2.05) is 48.5 Å². The summed E-state index contributed by atoms with van der Waals surface area (Å²) in [5, 5.41) is 24.8. The molecule has 3 aromatic carbocycles. The fraction of sp³-hybridized carbons (Fsp3) is 0.341. The van der Waals surface area contributed by atoms with Crippen molar-refractivity contribution in [1.82, 2.24) is 36.6 Å². The van der Waals surface area contributed by atoms with Gasteiger partial charge in [-0.25, -0.2) is 0 Å². The molecular weight excluding hydrogens is 843 g/mol. The van der Waals surface area contributed by atoms with Gasteiger partial charge in [0.1, 0.15) is 36.0 Å². The van der Waals surface area contributed by atoms with Gasteiger partial charge in [-0.15, -0.1) is 0 Å². The number of aromatic nitrogens is 2. The van der Waals surface area contributed by atoms with E-state index in [1.54, 1.807) is 24.5 Å². The van der Waals surface area contributed by atoms with Crippen LogP contribution >= 0.6 is 12.6 Å². The minimum absolute atomic E-state index is 0.0204. The first-order valence-electron chi connectivity index (χ1n) is 20.7. The van der Waals surface area contributed by atoms with Gasteiger partial charge in [0, 0.05) is 59.2 Å². The maximum atomic E-state index is 14.6. The van der Waals surface area contributed by atoms with Crippen LogP contribution in [0.2, 0.25) is 0 Å². The lowest BCUT2D eigenvalue weighted by molar-refractivity contribution is -0.135. The van der Waals surface area contributed by atoms with E-state index in [4.69, 9.17) is 22.9 Å². The van der Waals surface area contributed by atoms with E-state index < -0.39 is 84.0 Å². The van der Waals surface area contributed by atoms with Crippen molar-refractivity contribution in [3.8, 4) is 5.75 Å². The Bertz CT molecular complexity index is 2440. The monoisotopic (exact) mass is 897 g/mol. The van der Waals surface area contributed by atoms with Crippen molar-refractivity contribution in [2.75, 3.05) is 12.3 Å². The third-order valence-electron chi connectivity index (χ3n) is 10.7. The van der Waals surface area contributed by atoms with Crippen LogP contribution in [-0.4, -0.2) is 105 Å². The number of phenols is 1. The number of aromatic amines is 2. The van der Waals surface area contributed by atoms with Crippen molar-refractivity contribution in [1.29, 1.82) is 0 Å². The predicted octanol–water partition coefficient (Wildman–Crippen LogP) is -0.446. The summed E-state index contributed by atoms with van der Waals surface area (Å²) in [7, 11) is 0. The normalized spacial score (nSPS) is 14.0. The summed E-state index contributed by atoms with van der Waals surface area (Å²) in [5.74, 6) is -5.67. The molecule has 0 aliphatic carbocycles. The van der Waals surface area contributed by atoms with Gasteiger partial charge in [0.05, 0.1) is 12.5 Å². The van der Waals surface area contributed by atoms with Crippen LogP contribution in [-0.2, 0) is 52.8 Å². The van der Waals surface area contributed by atoms with E-state index in [-0.39, 0.29) is 43.7 Å². The van der Waals surface area contributed by atoms with Gasteiger partial charge in [0.15, 0.2) is 0 Å². The number of unbranched alkanes of at least 4 members (excludes halogenated alkanes) is 1. The van der Waals surface area contributed by atoms with Crippen molar-refractivity contribution in [2.45, 2.75) is 81.2 Å². The molecule has 2 aromatic heterocycles. The standard InChI is InChI=1S/C44H55N11O8S/c45-16-6-5-11-33(41(60)53-34(17-24-12-14-27(56)15-13-24)42(61)55-37(23-64)39(48)58)51-43(62)36(19-26-22-50-32-10-4-2-8-29(26)32)54-44(63)35(52-40(59)30(46)20-38(47)57)18-25-21-49-31-9-3-1-7-28(25)31/h1-4,7-10,12-15,21-22,30,33-37,49-50,56,64H,5-6,11,16-20,23,45-46H2,(H2,47,57)(H2,48,58)(H,51,62)(H,52,59)(H,53,60)(H,54,63)(H,55,61)/t30-,33-,34-,35-,36-,37-/m0/s1. The SMILES string of the molecule is NCCCC[C@H](NC(=O)[C@H](Cc1c[nH]c2ccccc12)NC(=O)[C@H](Cc1c[nH]c2ccccc12)NC(=O)[C@@H](N)CC(N)=O)C(=O)N[C@@H](Cc1ccc(O)cc1)C(=O)N[C@@H](CS)C(N)=O. The summed E-state index contributed by atoms with van der Waals surface area (Å²) >= 11 is 4.11. The summed E-state index contributed by atoms with van der Waals surface area (Å²) in [6.45, 7) is 0.290. The van der Waals surface area contributed by atoms with Crippen LogP contribution in [0.1, 0.15) is 42.4 Å².